The molecule has 17 heavy (non-hydrogen) atoms. The molecule has 0 aromatic heterocycles. The predicted molar refractivity (Wildman–Crippen MR) is 67.2 cm³/mol. The molecule has 0 saturated heterocycles. The third-order valence-corrected chi connectivity index (χ3v) is 2.25. The first-order valence-electron chi connectivity index (χ1n) is 5.02. The van der Waals surface area contributed by atoms with Crippen molar-refractivity contribution in [3.63, 3.8) is 0 Å². The van der Waals surface area contributed by atoms with Gasteiger partial charge in [0.2, 0.25) is 0 Å². The zero-order valence-electron chi connectivity index (χ0n) is 8.96. The Morgan fingerprint density at radius 1 is 1.06 bits per heavy atom. The van der Waals surface area contributed by atoms with E-state index in [-0.39, 0.29) is 5.69 Å². The fourth-order valence-electron chi connectivity index (χ4n) is 1.45. The molecule has 5 nitrogen and oxygen atoms in total. The third-order valence-electron chi connectivity index (χ3n) is 2.25. The zero-order valence-corrected chi connectivity index (χ0v) is 8.96. The molecule has 2 rings (SSSR count). The number of hydrogen-bond donors (Lipinski definition) is 2. The van der Waals surface area contributed by atoms with Crippen LogP contribution >= 0.6 is 0 Å². The molecule has 0 heterocycles. The van der Waals surface area contributed by atoms with Crippen molar-refractivity contribution in [1.82, 2.24) is 0 Å². The molecule has 0 aliphatic carbocycles. The van der Waals surface area contributed by atoms with E-state index >= 15 is 0 Å². The van der Waals surface area contributed by atoms with Crippen LogP contribution in [0.4, 0.5) is 22.7 Å². The number of nitrogens with one attached hydrogen (secondary N) is 1. The van der Waals surface area contributed by atoms with Crippen LogP contribution < -0.4 is 11.1 Å². The second-order valence-electron chi connectivity index (χ2n) is 3.55. The summed E-state index contributed by atoms with van der Waals surface area (Å²) in [5, 5.41) is 13.6. The lowest BCUT2D eigenvalue weighted by atomic mass is 10.2. The molecule has 0 unspecified atom stereocenters. The van der Waals surface area contributed by atoms with Gasteiger partial charge in [0.1, 0.15) is 0 Å². The number of nitrogens with zero attached hydrogens (tertiary/aromatic N) is 1. The fourth-order valence-corrected chi connectivity index (χ4v) is 1.45. The second-order valence-corrected chi connectivity index (χ2v) is 3.55. The van der Waals surface area contributed by atoms with Gasteiger partial charge >= 0.3 is 0 Å². The van der Waals surface area contributed by atoms with Gasteiger partial charge in [-0.05, 0) is 30.3 Å². The van der Waals surface area contributed by atoms with E-state index in [9.17, 15) is 10.1 Å². The highest BCUT2D eigenvalue weighted by Crippen LogP contribution is 2.21. The van der Waals surface area contributed by atoms with Crippen LogP contribution in [0.25, 0.3) is 0 Å². The number of rotatable bonds is 3. The average molecular weight is 229 g/mol. The number of non-ortho nitro benzene ring substituents is 1. The highest BCUT2D eigenvalue weighted by Gasteiger charge is 2.03. The smallest absolute Gasteiger partial charge is 0.269 e. The quantitative estimate of drug-likeness (QED) is 0.481. The molecule has 0 spiro atoms. The number of nitro groups is 1. The molecule has 0 saturated carbocycles. The van der Waals surface area contributed by atoms with Gasteiger partial charge in [-0.2, -0.15) is 0 Å². The summed E-state index contributed by atoms with van der Waals surface area (Å²) in [5.41, 5.74) is 8.01. The standard InChI is InChI=1S/C12H11N3O2/c13-9-2-1-3-11(8-9)14-10-4-6-12(7-5-10)15(16)17/h1-8,14H,13H2. The predicted octanol–water partition coefficient (Wildman–Crippen LogP) is 2.92. The van der Waals surface area contributed by atoms with Crippen molar-refractivity contribution in [1.29, 1.82) is 0 Å². The summed E-state index contributed by atoms with van der Waals surface area (Å²) >= 11 is 0. The highest BCUT2D eigenvalue weighted by atomic mass is 16.6. The van der Waals surface area contributed by atoms with Gasteiger partial charge < -0.3 is 11.1 Å². The number of hydrogen-bond acceptors (Lipinski definition) is 4. The lowest BCUT2D eigenvalue weighted by Crippen LogP contribution is -1.93. The molecule has 86 valence electrons. The van der Waals surface area contributed by atoms with Crippen molar-refractivity contribution in [2.24, 2.45) is 0 Å². The van der Waals surface area contributed by atoms with E-state index in [1.165, 1.54) is 12.1 Å². The average Bonchev–Trinajstić information content (AvgIpc) is 2.29. The molecule has 2 aromatic carbocycles. The molecule has 2 aromatic rings. The number of anilines is 3. The van der Waals surface area contributed by atoms with Crippen molar-refractivity contribution in [3.8, 4) is 0 Å². The van der Waals surface area contributed by atoms with Crippen molar-refractivity contribution < 1.29 is 4.92 Å². The topological polar surface area (TPSA) is 81.2 Å². The van der Waals surface area contributed by atoms with E-state index < -0.39 is 4.92 Å². The number of nitrogens with two attached hydrogens (primary N) is 1. The van der Waals surface area contributed by atoms with Gasteiger partial charge in [0, 0.05) is 29.2 Å². The molecule has 0 atom stereocenters. The first-order valence-corrected chi connectivity index (χ1v) is 5.02. The van der Waals surface area contributed by atoms with Gasteiger partial charge in [0.05, 0.1) is 4.92 Å². The number of nitrogen functional groups attached to an aromatic ring is 1. The highest BCUT2D eigenvalue weighted by molar-refractivity contribution is 5.64. The minimum absolute atomic E-state index is 0.0723. The Bertz CT molecular complexity index is 538. The van der Waals surface area contributed by atoms with Gasteiger partial charge in [0.25, 0.3) is 5.69 Å². The van der Waals surface area contributed by atoms with Crippen LogP contribution in [0.2, 0.25) is 0 Å². The summed E-state index contributed by atoms with van der Waals surface area (Å²) in [6.07, 6.45) is 0. The van der Waals surface area contributed by atoms with Crippen LogP contribution in [0.15, 0.2) is 48.5 Å². The Hall–Kier alpha value is -2.56. The van der Waals surface area contributed by atoms with Gasteiger partial charge in [-0.15, -0.1) is 0 Å². The van der Waals surface area contributed by atoms with Gasteiger partial charge in [0.15, 0.2) is 0 Å². The van der Waals surface area contributed by atoms with Crippen molar-refractivity contribution in [3.05, 3.63) is 58.6 Å². The molecule has 0 amide bonds. The van der Waals surface area contributed by atoms with Crippen LogP contribution in [0, 0.1) is 10.1 Å². The first kappa shape index (κ1) is 10.9. The first-order chi connectivity index (χ1) is 8.15. The van der Waals surface area contributed by atoms with Crippen LogP contribution in [0.3, 0.4) is 0 Å². The van der Waals surface area contributed by atoms with Crippen LogP contribution in [-0.2, 0) is 0 Å². The maximum atomic E-state index is 10.5. The monoisotopic (exact) mass is 229 g/mol. The lowest BCUT2D eigenvalue weighted by molar-refractivity contribution is -0.384. The minimum Gasteiger partial charge on any atom is -0.399 e. The molecular weight excluding hydrogens is 218 g/mol. The van der Waals surface area contributed by atoms with Crippen LogP contribution in [0.1, 0.15) is 0 Å². The molecule has 0 radical (unpaired) electrons. The Morgan fingerprint density at radius 2 is 1.76 bits per heavy atom. The maximum Gasteiger partial charge on any atom is 0.269 e. The van der Waals surface area contributed by atoms with Gasteiger partial charge in [-0.1, -0.05) is 6.07 Å². The Balaban J connectivity index is 2.16. The SMILES string of the molecule is Nc1cccc(Nc2ccc([N+](=O)[O-])cc2)c1. The summed E-state index contributed by atoms with van der Waals surface area (Å²) in [7, 11) is 0. The summed E-state index contributed by atoms with van der Waals surface area (Å²) in [5.74, 6) is 0. The normalized spacial score (nSPS) is 9.88. The van der Waals surface area contributed by atoms with Crippen molar-refractivity contribution in [2.45, 2.75) is 0 Å². The molecule has 3 N–H and O–H groups in total. The molecule has 5 heteroatoms. The summed E-state index contributed by atoms with van der Waals surface area (Å²) < 4.78 is 0. The molecule has 0 aliphatic heterocycles. The lowest BCUT2D eigenvalue weighted by Gasteiger charge is -2.06. The summed E-state index contributed by atoms with van der Waals surface area (Å²) in [4.78, 5) is 10.1. The van der Waals surface area contributed by atoms with Crippen LogP contribution in [0.5, 0.6) is 0 Å². The summed E-state index contributed by atoms with van der Waals surface area (Å²) in [6.45, 7) is 0. The van der Waals surface area contributed by atoms with E-state index in [1.54, 1.807) is 24.3 Å². The van der Waals surface area contributed by atoms with E-state index in [4.69, 9.17) is 5.73 Å². The van der Waals surface area contributed by atoms with E-state index in [0.717, 1.165) is 11.4 Å². The largest absolute Gasteiger partial charge is 0.399 e. The van der Waals surface area contributed by atoms with E-state index in [2.05, 4.69) is 5.32 Å². The van der Waals surface area contributed by atoms with E-state index in [0.29, 0.717) is 5.69 Å². The fraction of sp³-hybridized carbons (Fsp3) is 0. The third kappa shape index (κ3) is 2.72. The Morgan fingerprint density at radius 3 is 2.35 bits per heavy atom. The van der Waals surface area contributed by atoms with Gasteiger partial charge in [-0.25, -0.2) is 0 Å². The Labute approximate surface area is 98.0 Å². The van der Waals surface area contributed by atoms with Crippen molar-refractivity contribution >= 4 is 22.7 Å². The van der Waals surface area contributed by atoms with Crippen molar-refractivity contribution in [2.75, 3.05) is 11.1 Å². The van der Waals surface area contributed by atoms with Gasteiger partial charge in [-0.3, -0.25) is 10.1 Å². The zero-order chi connectivity index (χ0) is 12.3. The summed E-state index contributed by atoms with van der Waals surface area (Å²) in [6, 6.07) is 13.5. The van der Waals surface area contributed by atoms with E-state index in [1.807, 2.05) is 12.1 Å². The molecule has 0 aliphatic rings. The Kier molecular flexibility index (Phi) is 2.91. The van der Waals surface area contributed by atoms with Crippen LogP contribution in [-0.4, -0.2) is 4.92 Å². The molecule has 0 bridgehead atoms. The number of benzene rings is 2. The molecule has 0 fully saturated rings. The molecular formula is C12H11N3O2. The minimum atomic E-state index is -0.426. The number of nitro benzene ring substituents is 1. The second kappa shape index (κ2) is 4.52. The maximum absolute atomic E-state index is 10.5.